The van der Waals surface area contributed by atoms with E-state index in [0.717, 1.165) is 22.3 Å². The number of likely N-dealkylation sites (tertiary alicyclic amines) is 1. The summed E-state index contributed by atoms with van der Waals surface area (Å²) in [6.07, 6.45) is 1.87. The van der Waals surface area contributed by atoms with E-state index in [1.165, 1.54) is 11.2 Å². The van der Waals surface area contributed by atoms with Gasteiger partial charge in [0.2, 0.25) is 0 Å². The Morgan fingerprint density at radius 1 is 1.19 bits per heavy atom. The second kappa shape index (κ2) is 8.85. The van der Waals surface area contributed by atoms with Gasteiger partial charge in [0.25, 0.3) is 0 Å². The maximum Gasteiger partial charge on any atom is 0.407 e. The van der Waals surface area contributed by atoms with Crippen molar-refractivity contribution in [1.29, 1.82) is 0 Å². The first-order chi connectivity index (χ1) is 14.9. The van der Waals surface area contributed by atoms with E-state index in [1.807, 2.05) is 49.3 Å². The van der Waals surface area contributed by atoms with Gasteiger partial charge in [0.05, 0.1) is 10.5 Å². The van der Waals surface area contributed by atoms with Crippen molar-refractivity contribution in [1.82, 2.24) is 14.9 Å². The van der Waals surface area contributed by atoms with Gasteiger partial charge >= 0.3 is 6.09 Å². The zero-order valence-corrected chi connectivity index (χ0v) is 18.1. The van der Waals surface area contributed by atoms with E-state index in [0.29, 0.717) is 42.5 Å². The van der Waals surface area contributed by atoms with E-state index in [9.17, 15) is 4.79 Å². The van der Waals surface area contributed by atoms with Crippen LogP contribution in [0.2, 0.25) is 5.02 Å². The number of anilines is 3. The lowest BCUT2D eigenvalue weighted by molar-refractivity contribution is 0.0895. The van der Waals surface area contributed by atoms with Crippen molar-refractivity contribution in [2.24, 2.45) is 0 Å². The maximum absolute atomic E-state index is 11.0. The molecule has 0 bridgehead atoms. The Morgan fingerprint density at radius 2 is 1.97 bits per heavy atom. The van der Waals surface area contributed by atoms with E-state index in [2.05, 4.69) is 15.3 Å². The van der Waals surface area contributed by atoms with Gasteiger partial charge in [0, 0.05) is 56.8 Å². The highest BCUT2D eigenvalue weighted by Gasteiger charge is 2.24. The molecule has 4 rings (SSSR count). The van der Waals surface area contributed by atoms with Crippen LogP contribution in [0.3, 0.4) is 0 Å². The molecule has 0 atom stereocenters. The van der Waals surface area contributed by atoms with Crippen LogP contribution < -0.4 is 15.0 Å². The number of benzene rings is 2. The third kappa shape index (κ3) is 4.74. The van der Waals surface area contributed by atoms with Crippen LogP contribution in [0.25, 0.3) is 10.9 Å². The molecule has 1 aliphatic rings. The molecule has 0 unspecified atom stereocenters. The van der Waals surface area contributed by atoms with Crippen molar-refractivity contribution < 1.29 is 14.6 Å². The first-order valence-electron chi connectivity index (χ1n) is 10.0. The summed E-state index contributed by atoms with van der Waals surface area (Å²) in [5, 5.41) is 13.8. The number of carboxylic acid groups (broad SMARTS) is 1. The monoisotopic (exact) mass is 441 g/mol. The summed E-state index contributed by atoms with van der Waals surface area (Å²) in [6.45, 7) is 0.931. The van der Waals surface area contributed by atoms with Crippen LogP contribution >= 0.6 is 11.6 Å². The normalized spacial score (nSPS) is 14.5. The molecule has 0 spiro atoms. The number of hydrogen-bond donors (Lipinski definition) is 2. The summed E-state index contributed by atoms with van der Waals surface area (Å²) >= 11 is 6.47. The number of aromatic nitrogens is 2. The molecule has 8 nitrogen and oxygen atoms in total. The van der Waals surface area contributed by atoms with E-state index >= 15 is 0 Å². The van der Waals surface area contributed by atoms with Crippen molar-refractivity contribution in [3.8, 4) is 5.75 Å². The summed E-state index contributed by atoms with van der Waals surface area (Å²) in [4.78, 5) is 23.2. The lowest BCUT2D eigenvalue weighted by Gasteiger charge is -2.30. The molecule has 2 heterocycles. The Balaban J connectivity index is 1.49. The standard InChI is InChI=1S/C22H24ClN5O3/c1-27(2)15-4-5-19-17(12-15)21(25-13-24-19)26-14-3-6-20(18(23)11-14)31-16-7-9-28(10-8-16)22(29)30/h3-6,11-13,16H,7-10H2,1-2H3,(H,29,30)(H,24,25,26). The van der Waals surface area contributed by atoms with Crippen molar-refractivity contribution >= 4 is 45.8 Å². The number of ether oxygens (including phenoxy) is 1. The lowest BCUT2D eigenvalue weighted by atomic mass is 10.1. The van der Waals surface area contributed by atoms with Crippen LogP contribution in [0.15, 0.2) is 42.7 Å². The predicted octanol–water partition coefficient (Wildman–Crippen LogP) is 4.61. The van der Waals surface area contributed by atoms with Crippen LogP contribution in [-0.4, -0.2) is 59.4 Å². The Hall–Kier alpha value is -3.26. The fourth-order valence-electron chi connectivity index (χ4n) is 3.58. The molecular formula is C22H24ClN5O3. The first-order valence-corrected chi connectivity index (χ1v) is 10.4. The van der Waals surface area contributed by atoms with E-state index in [-0.39, 0.29) is 6.10 Å². The van der Waals surface area contributed by atoms with Gasteiger partial charge in [0.1, 0.15) is 24.0 Å². The zero-order valence-electron chi connectivity index (χ0n) is 17.4. The minimum Gasteiger partial charge on any atom is -0.489 e. The highest BCUT2D eigenvalue weighted by atomic mass is 35.5. The summed E-state index contributed by atoms with van der Waals surface area (Å²) in [5.41, 5.74) is 2.69. The van der Waals surface area contributed by atoms with Crippen LogP contribution in [0.5, 0.6) is 5.75 Å². The SMILES string of the molecule is CN(C)c1ccc2ncnc(Nc3ccc(OC4CCN(C(=O)O)CC4)c(Cl)c3)c2c1. The second-order valence-electron chi connectivity index (χ2n) is 7.68. The molecule has 1 aliphatic heterocycles. The van der Waals surface area contributed by atoms with Crippen LogP contribution in [0.4, 0.5) is 22.0 Å². The van der Waals surface area contributed by atoms with Gasteiger partial charge in [-0.1, -0.05) is 11.6 Å². The number of nitrogens with one attached hydrogen (secondary N) is 1. The van der Waals surface area contributed by atoms with Gasteiger partial charge in [-0.05, 0) is 36.4 Å². The number of hydrogen-bond acceptors (Lipinski definition) is 6. The van der Waals surface area contributed by atoms with Gasteiger partial charge in [-0.2, -0.15) is 0 Å². The summed E-state index contributed by atoms with van der Waals surface area (Å²) in [7, 11) is 3.98. The van der Waals surface area contributed by atoms with E-state index in [4.69, 9.17) is 21.4 Å². The van der Waals surface area contributed by atoms with Crippen molar-refractivity contribution in [2.45, 2.75) is 18.9 Å². The molecule has 1 aromatic heterocycles. The molecular weight excluding hydrogens is 418 g/mol. The number of piperidine rings is 1. The second-order valence-corrected chi connectivity index (χ2v) is 8.08. The van der Waals surface area contributed by atoms with Gasteiger partial charge in [-0.15, -0.1) is 0 Å². The zero-order chi connectivity index (χ0) is 22.0. The highest BCUT2D eigenvalue weighted by Crippen LogP contribution is 2.32. The molecule has 2 N–H and O–H groups in total. The molecule has 2 aromatic carbocycles. The smallest absolute Gasteiger partial charge is 0.407 e. The molecule has 3 aromatic rings. The van der Waals surface area contributed by atoms with Crippen molar-refractivity contribution in [3.63, 3.8) is 0 Å². The summed E-state index contributed by atoms with van der Waals surface area (Å²) < 4.78 is 6.02. The van der Waals surface area contributed by atoms with Gasteiger partial charge in [0.15, 0.2) is 0 Å². The Kier molecular flexibility index (Phi) is 5.99. The van der Waals surface area contributed by atoms with Crippen LogP contribution in [0, 0.1) is 0 Å². The van der Waals surface area contributed by atoms with Gasteiger partial charge < -0.3 is 25.0 Å². The summed E-state index contributed by atoms with van der Waals surface area (Å²) in [6, 6.07) is 11.5. The third-order valence-electron chi connectivity index (χ3n) is 5.34. The Bertz CT molecular complexity index is 1100. The molecule has 31 heavy (non-hydrogen) atoms. The van der Waals surface area contributed by atoms with Crippen molar-refractivity contribution in [2.75, 3.05) is 37.4 Å². The minimum absolute atomic E-state index is 0.0535. The molecule has 0 saturated carbocycles. The van der Waals surface area contributed by atoms with Crippen molar-refractivity contribution in [3.05, 3.63) is 47.7 Å². The topological polar surface area (TPSA) is 90.8 Å². The third-order valence-corrected chi connectivity index (χ3v) is 5.63. The summed E-state index contributed by atoms with van der Waals surface area (Å²) in [5.74, 6) is 1.28. The quantitative estimate of drug-likeness (QED) is 0.597. The average Bonchev–Trinajstić information content (AvgIpc) is 2.76. The lowest BCUT2D eigenvalue weighted by Crippen LogP contribution is -2.41. The fraction of sp³-hybridized carbons (Fsp3) is 0.318. The maximum atomic E-state index is 11.0. The van der Waals surface area contributed by atoms with Gasteiger partial charge in [-0.3, -0.25) is 0 Å². The molecule has 9 heteroatoms. The molecule has 162 valence electrons. The van der Waals surface area contributed by atoms with E-state index < -0.39 is 6.09 Å². The largest absolute Gasteiger partial charge is 0.489 e. The number of fused-ring (bicyclic) bond motifs is 1. The number of nitrogens with zero attached hydrogens (tertiary/aromatic N) is 4. The fourth-order valence-corrected chi connectivity index (χ4v) is 3.80. The Labute approximate surface area is 185 Å². The van der Waals surface area contributed by atoms with Gasteiger partial charge in [-0.25, -0.2) is 14.8 Å². The predicted molar refractivity (Wildman–Crippen MR) is 122 cm³/mol. The number of amides is 1. The van der Waals surface area contributed by atoms with Crippen LogP contribution in [-0.2, 0) is 0 Å². The van der Waals surface area contributed by atoms with E-state index in [1.54, 1.807) is 6.07 Å². The molecule has 0 radical (unpaired) electrons. The van der Waals surface area contributed by atoms with Crippen LogP contribution in [0.1, 0.15) is 12.8 Å². The minimum atomic E-state index is -0.887. The number of carbonyl (C=O) groups is 1. The molecule has 1 amide bonds. The Morgan fingerprint density at radius 3 is 2.65 bits per heavy atom. The molecule has 1 saturated heterocycles. The number of halogens is 1. The highest BCUT2D eigenvalue weighted by molar-refractivity contribution is 6.32. The first kappa shape index (κ1) is 21.0. The number of rotatable bonds is 5. The average molecular weight is 442 g/mol. The molecule has 1 fully saturated rings. The molecule has 0 aliphatic carbocycles.